The van der Waals surface area contributed by atoms with Gasteiger partial charge in [0.25, 0.3) is 0 Å². The Labute approximate surface area is 116 Å². The third kappa shape index (κ3) is 3.67. The summed E-state index contributed by atoms with van der Waals surface area (Å²) in [7, 11) is 0. The number of aryl methyl sites for hydroxylation is 2. The van der Waals surface area contributed by atoms with Crippen molar-refractivity contribution in [1.29, 1.82) is 0 Å². The lowest BCUT2D eigenvalue weighted by Gasteiger charge is -2.06. The first-order chi connectivity index (χ1) is 9.06. The van der Waals surface area contributed by atoms with E-state index in [2.05, 4.69) is 0 Å². The summed E-state index contributed by atoms with van der Waals surface area (Å²) in [6.07, 6.45) is 0. The summed E-state index contributed by atoms with van der Waals surface area (Å²) < 4.78 is 13.0. The minimum absolute atomic E-state index is 0.0757. The van der Waals surface area contributed by atoms with Crippen molar-refractivity contribution < 1.29 is 9.18 Å². The van der Waals surface area contributed by atoms with Crippen LogP contribution in [0.1, 0.15) is 21.5 Å². The molecule has 0 amide bonds. The quantitative estimate of drug-likeness (QED) is 0.606. The standard InChI is InChI=1S/C16H15FOS/c1-11-6-7-15(12(2)8-11)16(18)10-19-14-5-3-4-13(17)9-14/h3-9H,10H2,1-2H3. The number of carbonyl (C=O) groups excluding carboxylic acids is 1. The van der Waals surface area contributed by atoms with Crippen LogP contribution in [0.3, 0.4) is 0 Å². The van der Waals surface area contributed by atoms with Gasteiger partial charge in [0.1, 0.15) is 5.82 Å². The van der Waals surface area contributed by atoms with Crippen molar-refractivity contribution in [3.8, 4) is 0 Å². The Morgan fingerprint density at radius 3 is 2.63 bits per heavy atom. The SMILES string of the molecule is Cc1ccc(C(=O)CSc2cccc(F)c2)c(C)c1. The highest BCUT2D eigenvalue weighted by molar-refractivity contribution is 8.00. The van der Waals surface area contributed by atoms with Gasteiger partial charge in [-0.3, -0.25) is 4.79 Å². The fourth-order valence-electron chi connectivity index (χ4n) is 1.91. The molecule has 0 bridgehead atoms. The first-order valence-electron chi connectivity index (χ1n) is 6.05. The van der Waals surface area contributed by atoms with E-state index in [-0.39, 0.29) is 11.6 Å². The zero-order chi connectivity index (χ0) is 13.8. The van der Waals surface area contributed by atoms with Crippen LogP contribution in [0.4, 0.5) is 4.39 Å². The Bertz CT molecular complexity index is 607. The molecule has 0 spiro atoms. The molecule has 0 radical (unpaired) electrons. The van der Waals surface area contributed by atoms with Crippen LogP contribution in [0.15, 0.2) is 47.4 Å². The van der Waals surface area contributed by atoms with Gasteiger partial charge in [-0.25, -0.2) is 4.39 Å². The van der Waals surface area contributed by atoms with E-state index in [1.54, 1.807) is 6.07 Å². The molecule has 0 atom stereocenters. The molecule has 0 fully saturated rings. The molecule has 0 aliphatic carbocycles. The second kappa shape index (κ2) is 6.02. The van der Waals surface area contributed by atoms with Crippen molar-refractivity contribution in [2.45, 2.75) is 18.7 Å². The molecule has 0 unspecified atom stereocenters. The highest BCUT2D eigenvalue weighted by Gasteiger charge is 2.09. The van der Waals surface area contributed by atoms with E-state index in [4.69, 9.17) is 0 Å². The molecule has 0 aliphatic rings. The Hall–Kier alpha value is -1.61. The molecular formula is C16H15FOS. The van der Waals surface area contributed by atoms with Gasteiger partial charge >= 0.3 is 0 Å². The number of hydrogen-bond donors (Lipinski definition) is 0. The van der Waals surface area contributed by atoms with Crippen LogP contribution >= 0.6 is 11.8 Å². The number of Topliss-reactive ketones (excluding diaryl/α,β-unsaturated/α-hetero) is 1. The Morgan fingerprint density at radius 1 is 1.16 bits per heavy atom. The molecule has 0 aromatic heterocycles. The molecule has 0 N–H and O–H groups in total. The summed E-state index contributed by atoms with van der Waals surface area (Å²) >= 11 is 1.36. The Kier molecular flexibility index (Phi) is 4.38. The lowest BCUT2D eigenvalue weighted by Crippen LogP contribution is -2.04. The Morgan fingerprint density at radius 2 is 1.95 bits per heavy atom. The Balaban J connectivity index is 2.05. The van der Waals surface area contributed by atoms with E-state index >= 15 is 0 Å². The number of carbonyl (C=O) groups is 1. The lowest BCUT2D eigenvalue weighted by atomic mass is 10.0. The smallest absolute Gasteiger partial charge is 0.173 e. The number of halogens is 1. The van der Waals surface area contributed by atoms with Crippen molar-refractivity contribution in [2.75, 3.05) is 5.75 Å². The number of hydrogen-bond acceptors (Lipinski definition) is 2. The van der Waals surface area contributed by atoms with E-state index in [0.29, 0.717) is 5.75 Å². The van der Waals surface area contributed by atoms with E-state index in [1.807, 2.05) is 38.1 Å². The highest BCUT2D eigenvalue weighted by atomic mass is 32.2. The molecule has 0 saturated heterocycles. The van der Waals surface area contributed by atoms with Crippen molar-refractivity contribution in [1.82, 2.24) is 0 Å². The van der Waals surface area contributed by atoms with Crippen LogP contribution in [0.25, 0.3) is 0 Å². The molecule has 98 valence electrons. The minimum atomic E-state index is -0.274. The van der Waals surface area contributed by atoms with Gasteiger partial charge in [-0.2, -0.15) is 0 Å². The molecule has 19 heavy (non-hydrogen) atoms. The summed E-state index contributed by atoms with van der Waals surface area (Å²) in [4.78, 5) is 12.9. The van der Waals surface area contributed by atoms with Crippen molar-refractivity contribution in [2.24, 2.45) is 0 Å². The van der Waals surface area contributed by atoms with Crippen molar-refractivity contribution in [3.63, 3.8) is 0 Å². The topological polar surface area (TPSA) is 17.1 Å². The number of thioether (sulfide) groups is 1. The lowest BCUT2D eigenvalue weighted by molar-refractivity contribution is 0.102. The molecule has 3 heteroatoms. The van der Waals surface area contributed by atoms with E-state index in [9.17, 15) is 9.18 Å². The first kappa shape index (κ1) is 13.8. The van der Waals surface area contributed by atoms with E-state index < -0.39 is 0 Å². The van der Waals surface area contributed by atoms with Gasteiger partial charge in [0.15, 0.2) is 5.78 Å². The zero-order valence-electron chi connectivity index (χ0n) is 10.9. The summed E-state index contributed by atoms with van der Waals surface area (Å²) in [6, 6.07) is 12.1. The maximum Gasteiger partial charge on any atom is 0.173 e. The molecule has 1 nitrogen and oxygen atoms in total. The van der Waals surface area contributed by atoms with Crippen molar-refractivity contribution >= 4 is 17.5 Å². The largest absolute Gasteiger partial charge is 0.293 e. The first-order valence-corrected chi connectivity index (χ1v) is 7.03. The summed E-state index contributed by atoms with van der Waals surface area (Å²) in [5.74, 6) is 0.128. The maximum absolute atomic E-state index is 13.0. The predicted octanol–water partition coefficient (Wildman–Crippen LogP) is 4.42. The van der Waals surface area contributed by atoms with E-state index in [1.165, 1.54) is 23.9 Å². The van der Waals surface area contributed by atoms with Gasteiger partial charge in [-0.15, -0.1) is 11.8 Å². The van der Waals surface area contributed by atoms with Crippen LogP contribution in [-0.2, 0) is 0 Å². The molecule has 2 aromatic rings. The number of rotatable bonds is 4. The fourth-order valence-corrected chi connectivity index (χ4v) is 2.73. The molecular weight excluding hydrogens is 259 g/mol. The average molecular weight is 274 g/mol. The average Bonchev–Trinajstić information content (AvgIpc) is 2.36. The van der Waals surface area contributed by atoms with Crippen LogP contribution < -0.4 is 0 Å². The second-order valence-corrected chi connectivity index (χ2v) is 5.54. The second-order valence-electron chi connectivity index (χ2n) is 4.49. The fraction of sp³-hybridized carbons (Fsp3) is 0.188. The monoisotopic (exact) mass is 274 g/mol. The zero-order valence-corrected chi connectivity index (χ0v) is 11.8. The van der Waals surface area contributed by atoms with Gasteiger partial charge in [-0.1, -0.05) is 29.8 Å². The summed E-state index contributed by atoms with van der Waals surface area (Å²) in [5, 5.41) is 0. The third-order valence-electron chi connectivity index (χ3n) is 2.85. The normalized spacial score (nSPS) is 10.5. The van der Waals surface area contributed by atoms with Gasteiger partial charge in [0.05, 0.1) is 5.75 Å². The molecule has 0 heterocycles. The predicted molar refractivity (Wildman–Crippen MR) is 77.4 cm³/mol. The van der Waals surface area contributed by atoms with Gasteiger partial charge in [0.2, 0.25) is 0 Å². The van der Waals surface area contributed by atoms with Crippen LogP contribution in [0.5, 0.6) is 0 Å². The van der Waals surface area contributed by atoms with Crippen molar-refractivity contribution in [3.05, 3.63) is 65.0 Å². The van der Waals surface area contributed by atoms with Gasteiger partial charge in [-0.05, 0) is 37.6 Å². The number of benzene rings is 2. The van der Waals surface area contributed by atoms with Crippen LogP contribution in [0.2, 0.25) is 0 Å². The molecule has 0 saturated carbocycles. The molecule has 2 rings (SSSR count). The summed E-state index contributed by atoms with van der Waals surface area (Å²) in [6.45, 7) is 3.94. The van der Waals surface area contributed by atoms with Crippen LogP contribution in [-0.4, -0.2) is 11.5 Å². The number of ketones is 1. The maximum atomic E-state index is 13.0. The van der Waals surface area contributed by atoms with Crippen LogP contribution in [0, 0.1) is 19.7 Å². The third-order valence-corrected chi connectivity index (χ3v) is 3.84. The highest BCUT2D eigenvalue weighted by Crippen LogP contribution is 2.21. The van der Waals surface area contributed by atoms with Gasteiger partial charge in [0, 0.05) is 10.5 Å². The molecule has 2 aromatic carbocycles. The molecule has 0 aliphatic heterocycles. The van der Waals surface area contributed by atoms with E-state index in [0.717, 1.165) is 21.6 Å². The summed E-state index contributed by atoms with van der Waals surface area (Å²) in [5.41, 5.74) is 2.88. The van der Waals surface area contributed by atoms with Gasteiger partial charge < -0.3 is 0 Å². The minimum Gasteiger partial charge on any atom is -0.293 e.